The van der Waals surface area contributed by atoms with E-state index in [0.29, 0.717) is 9.79 Å². The topological polar surface area (TPSA) is 50.2 Å². The summed E-state index contributed by atoms with van der Waals surface area (Å²) in [5.41, 5.74) is 0.920. The van der Waals surface area contributed by atoms with Crippen LogP contribution in [0.15, 0.2) is 46.3 Å². The SMILES string of the molecule is CC(C)c1cc(C(=O)O)c(Sc2cccc(F)c2)cn1. The Balaban J connectivity index is 2.38. The van der Waals surface area contributed by atoms with Gasteiger partial charge in [-0.1, -0.05) is 31.7 Å². The summed E-state index contributed by atoms with van der Waals surface area (Å²) in [5, 5.41) is 9.29. The van der Waals surface area contributed by atoms with E-state index in [1.807, 2.05) is 13.8 Å². The average molecular weight is 291 g/mol. The third kappa shape index (κ3) is 3.36. The first kappa shape index (κ1) is 14.5. The first-order chi connectivity index (χ1) is 9.47. The predicted molar refractivity (Wildman–Crippen MR) is 75.8 cm³/mol. The number of carbonyl (C=O) groups is 1. The zero-order valence-electron chi connectivity index (χ0n) is 11.1. The van der Waals surface area contributed by atoms with Crippen molar-refractivity contribution < 1.29 is 14.3 Å². The third-order valence-corrected chi connectivity index (χ3v) is 3.77. The summed E-state index contributed by atoms with van der Waals surface area (Å²) in [6.45, 7) is 3.90. The monoisotopic (exact) mass is 291 g/mol. The van der Waals surface area contributed by atoms with Gasteiger partial charge >= 0.3 is 5.97 Å². The van der Waals surface area contributed by atoms with Crippen LogP contribution in [0, 0.1) is 5.82 Å². The molecule has 0 amide bonds. The van der Waals surface area contributed by atoms with Gasteiger partial charge in [-0.05, 0) is 30.2 Å². The normalized spacial score (nSPS) is 10.8. The van der Waals surface area contributed by atoms with Gasteiger partial charge in [-0.2, -0.15) is 0 Å². The number of pyridine rings is 1. The highest BCUT2D eigenvalue weighted by atomic mass is 32.2. The molecule has 2 rings (SSSR count). The molecule has 1 heterocycles. The van der Waals surface area contributed by atoms with Gasteiger partial charge in [0.15, 0.2) is 0 Å². The molecular weight excluding hydrogens is 277 g/mol. The Kier molecular flexibility index (Phi) is 4.39. The molecule has 0 saturated heterocycles. The summed E-state index contributed by atoms with van der Waals surface area (Å²) in [6, 6.07) is 7.62. The molecule has 1 aromatic heterocycles. The lowest BCUT2D eigenvalue weighted by atomic mass is 10.1. The van der Waals surface area contributed by atoms with Crippen molar-refractivity contribution in [1.29, 1.82) is 0 Å². The number of aromatic carboxylic acids is 1. The van der Waals surface area contributed by atoms with E-state index in [1.54, 1.807) is 18.2 Å². The number of nitrogens with zero attached hydrogens (tertiary/aromatic N) is 1. The highest BCUT2D eigenvalue weighted by Gasteiger charge is 2.14. The van der Waals surface area contributed by atoms with Gasteiger partial charge in [0.2, 0.25) is 0 Å². The standard InChI is InChI=1S/C15H14FNO2S/c1-9(2)13-7-12(15(18)19)14(8-17-13)20-11-5-3-4-10(16)6-11/h3-9H,1-2H3,(H,18,19). The fourth-order valence-corrected chi connectivity index (χ4v) is 2.61. The largest absolute Gasteiger partial charge is 0.478 e. The van der Waals surface area contributed by atoms with Gasteiger partial charge in [-0.15, -0.1) is 0 Å². The molecule has 0 aliphatic rings. The maximum atomic E-state index is 13.2. The summed E-state index contributed by atoms with van der Waals surface area (Å²) in [6.07, 6.45) is 1.54. The molecule has 20 heavy (non-hydrogen) atoms. The van der Waals surface area contributed by atoms with Crippen molar-refractivity contribution in [2.24, 2.45) is 0 Å². The molecule has 0 spiro atoms. The number of carboxylic acid groups (broad SMARTS) is 1. The quantitative estimate of drug-likeness (QED) is 0.917. The Morgan fingerprint density at radius 1 is 1.35 bits per heavy atom. The number of halogens is 1. The maximum absolute atomic E-state index is 13.2. The van der Waals surface area contributed by atoms with Gasteiger partial charge in [-0.3, -0.25) is 4.98 Å². The summed E-state index contributed by atoms with van der Waals surface area (Å²) < 4.78 is 13.2. The van der Waals surface area contributed by atoms with E-state index in [9.17, 15) is 14.3 Å². The molecule has 0 bridgehead atoms. The second-order valence-corrected chi connectivity index (χ2v) is 5.74. The Hall–Kier alpha value is -1.88. The first-order valence-corrected chi connectivity index (χ1v) is 6.95. The molecule has 0 aliphatic carbocycles. The molecule has 0 unspecified atom stereocenters. The van der Waals surface area contributed by atoms with Gasteiger partial charge in [0.1, 0.15) is 5.82 Å². The second-order valence-electron chi connectivity index (χ2n) is 4.62. The number of benzene rings is 1. The van der Waals surface area contributed by atoms with Crippen molar-refractivity contribution >= 4 is 17.7 Å². The lowest BCUT2D eigenvalue weighted by molar-refractivity contribution is 0.0692. The van der Waals surface area contributed by atoms with Crippen LogP contribution in [-0.4, -0.2) is 16.1 Å². The van der Waals surface area contributed by atoms with Crippen LogP contribution in [-0.2, 0) is 0 Å². The Morgan fingerprint density at radius 3 is 2.70 bits per heavy atom. The number of aromatic nitrogens is 1. The van der Waals surface area contributed by atoms with E-state index >= 15 is 0 Å². The minimum absolute atomic E-state index is 0.154. The molecule has 0 aliphatic heterocycles. The van der Waals surface area contributed by atoms with Crippen LogP contribution < -0.4 is 0 Å². The fraction of sp³-hybridized carbons (Fsp3) is 0.200. The van der Waals surface area contributed by atoms with Crippen LogP contribution in [0.3, 0.4) is 0 Å². The molecule has 1 N–H and O–H groups in total. The Morgan fingerprint density at radius 2 is 2.10 bits per heavy atom. The average Bonchev–Trinajstić information content (AvgIpc) is 2.38. The maximum Gasteiger partial charge on any atom is 0.336 e. The first-order valence-electron chi connectivity index (χ1n) is 6.14. The van der Waals surface area contributed by atoms with Crippen LogP contribution in [0.25, 0.3) is 0 Å². The Bertz CT molecular complexity index is 644. The smallest absolute Gasteiger partial charge is 0.336 e. The highest BCUT2D eigenvalue weighted by Crippen LogP contribution is 2.31. The van der Waals surface area contributed by atoms with Crippen molar-refractivity contribution in [2.45, 2.75) is 29.6 Å². The van der Waals surface area contributed by atoms with Gasteiger partial charge in [0.25, 0.3) is 0 Å². The molecule has 3 nitrogen and oxygen atoms in total. The summed E-state index contributed by atoms with van der Waals surface area (Å²) in [4.78, 5) is 16.8. The zero-order valence-corrected chi connectivity index (χ0v) is 11.9. The molecular formula is C15H14FNO2S. The van der Waals surface area contributed by atoms with Crippen molar-refractivity contribution in [2.75, 3.05) is 0 Å². The predicted octanol–water partition coefficient (Wildman–Crippen LogP) is 4.19. The van der Waals surface area contributed by atoms with Crippen LogP contribution in [0.4, 0.5) is 4.39 Å². The third-order valence-electron chi connectivity index (χ3n) is 2.73. The van der Waals surface area contributed by atoms with Gasteiger partial charge in [-0.25, -0.2) is 9.18 Å². The molecule has 0 atom stereocenters. The number of hydrogen-bond donors (Lipinski definition) is 1. The van der Waals surface area contributed by atoms with Crippen LogP contribution in [0.2, 0.25) is 0 Å². The minimum Gasteiger partial charge on any atom is -0.478 e. The van der Waals surface area contributed by atoms with E-state index in [-0.39, 0.29) is 17.3 Å². The summed E-state index contributed by atoms with van der Waals surface area (Å²) in [7, 11) is 0. The van der Waals surface area contributed by atoms with E-state index in [1.165, 1.54) is 30.1 Å². The number of hydrogen-bond acceptors (Lipinski definition) is 3. The van der Waals surface area contributed by atoms with E-state index < -0.39 is 5.97 Å². The van der Waals surface area contributed by atoms with E-state index in [4.69, 9.17) is 0 Å². The van der Waals surface area contributed by atoms with E-state index in [2.05, 4.69) is 4.98 Å². The minimum atomic E-state index is -1.01. The number of rotatable bonds is 4. The lowest BCUT2D eigenvalue weighted by Crippen LogP contribution is -2.03. The fourth-order valence-electron chi connectivity index (χ4n) is 1.68. The lowest BCUT2D eigenvalue weighted by Gasteiger charge is -2.09. The van der Waals surface area contributed by atoms with E-state index in [0.717, 1.165) is 5.69 Å². The van der Waals surface area contributed by atoms with Crippen molar-refractivity contribution in [3.63, 3.8) is 0 Å². The molecule has 2 aromatic rings. The summed E-state index contributed by atoms with van der Waals surface area (Å²) in [5.74, 6) is -1.20. The summed E-state index contributed by atoms with van der Waals surface area (Å²) >= 11 is 1.19. The molecule has 0 radical (unpaired) electrons. The van der Waals surface area contributed by atoms with Gasteiger partial charge < -0.3 is 5.11 Å². The van der Waals surface area contributed by atoms with Gasteiger partial charge in [0, 0.05) is 21.7 Å². The van der Waals surface area contributed by atoms with Crippen molar-refractivity contribution in [1.82, 2.24) is 4.98 Å². The van der Waals surface area contributed by atoms with Crippen LogP contribution in [0.1, 0.15) is 35.8 Å². The highest BCUT2D eigenvalue weighted by molar-refractivity contribution is 7.99. The zero-order chi connectivity index (χ0) is 14.7. The molecule has 0 saturated carbocycles. The van der Waals surface area contributed by atoms with Crippen LogP contribution in [0.5, 0.6) is 0 Å². The molecule has 1 aromatic carbocycles. The molecule has 104 valence electrons. The van der Waals surface area contributed by atoms with Crippen molar-refractivity contribution in [3.8, 4) is 0 Å². The molecule has 0 fully saturated rings. The molecule has 5 heteroatoms. The Labute approximate surface area is 120 Å². The van der Waals surface area contributed by atoms with Gasteiger partial charge in [0.05, 0.1) is 5.56 Å². The number of carboxylic acids is 1. The van der Waals surface area contributed by atoms with Crippen LogP contribution >= 0.6 is 11.8 Å². The second kappa shape index (κ2) is 6.05. The van der Waals surface area contributed by atoms with Crippen molar-refractivity contribution in [3.05, 3.63) is 53.6 Å².